The molecule has 5 nitrogen and oxygen atoms in total. The van der Waals surface area contributed by atoms with Crippen LogP contribution in [-0.4, -0.2) is 33.9 Å². The fraction of sp³-hybridized carbons (Fsp3) is 0.227. The third kappa shape index (κ3) is 4.17. The average Bonchev–Trinajstić information content (AvgIpc) is 2.75. The van der Waals surface area contributed by atoms with E-state index < -0.39 is 0 Å². The van der Waals surface area contributed by atoms with Gasteiger partial charge in [-0.3, -0.25) is 4.79 Å². The smallest absolute Gasteiger partial charge is 0.274 e. The molecule has 3 aromatic rings. The van der Waals surface area contributed by atoms with Crippen molar-refractivity contribution in [1.82, 2.24) is 14.9 Å². The van der Waals surface area contributed by atoms with Gasteiger partial charge in [-0.2, -0.15) is 0 Å². The van der Waals surface area contributed by atoms with Gasteiger partial charge in [-0.1, -0.05) is 36.4 Å². The minimum atomic E-state index is -0.236. The van der Waals surface area contributed by atoms with Crippen molar-refractivity contribution in [2.24, 2.45) is 0 Å². The third-order valence-electron chi connectivity index (χ3n) is 4.92. The Morgan fingerprint density at radius 3 is 2.57 bits per heavy atom. The zero-order chi connectivity index (χ0) is 19.3. The SMILES string of the molecule is O=C(c1cnc(NCCc2ccc(F)cc2)cn1)N1CCc2ccccc2C1. The molecule has 4 rings (SSSR count). The number of carbonyl (C=O) groups is 1. The zero-order valence-corrected chi connectivity index (χ0v) is 15.4. The predicted molar refractivity (Wildman–Crippen MR) is 106 cm³/mol. The second-order valence-electron chi connectivity index (χ2n) is 6.84. The quantitative estimate of drug-likeness (QED) is 0.741. The number of halogens is 1. The van der Waals surface area contributed by atoms with E-state index in [9.17, 15) is 9.18 Å². The van der Waals surface area contributed by atoms with E-state index in [-0.39, 0.29) is 11.7 Å². The summed E-state index contributed by atoms with van der Waals surface area (Å²) in [7, 11) is 0. The summed E-state index contributed by atoms with van der Waals surface area (Å²) in [5.41, 5.74) is 3.88. The first-order valence-corrected chi connectivity index (χ1v) is 9.35. The summed E-state index contributed by atoms with van der Waals surface area (Å²) in [6.07, 6.45) is 4.70. The van der Waals surface area contributed by atoms with Crippen LogP contribution >= 0.6 is 0 Å². The van der Waals surface area contributed by atoms with Crippen molar-refractivity contribution in [1.29, 1.82) is 0 Å². The maximum atomic E-state index is 12.9. The molecular weight excluding hydrogens is 355 g/mol. The lowest BCUT2D eigenvalue weighted by atomic mass is 10.00. The first kappa shape index (κ1) is 18.1. The highest BCUT2D eigenvalue weighted by Crippen LogP contribution is 2.19. The van der Waals surface area contributed by atoms with Gasteiger partial charge in [-0.15, -0.1) is 0 Å². The van der Waals surface area contributed by atoms with Gasteiger partial charge < -0.3 is 10.2 Å². The van der Waals surface area contributed by atoms with Crippen LogP contribution in [0.3, 0.4) is 0 Å². The van der Waals surface area contributed by atoms with Crippen molar-refractivity contribution < 1.29 is 9.18 Å². The van der Waals surface area contributed by atoms with Crippen molar-refractivity contribution >= 4 is 11.7 Å². The van der Waals surface area contributed by atoms with Crippen LogP contribution in [0.1, 0.15) is 27.2 Å². The maximum Gasteiger partial charge on any atom is 0.274 e. The van der Waals surface area contributed by atoms with Crippen LogP contribution in [0.4, 0.5) is 10.2 Å². The molecule has 2 aromatic carbocycles. The number of fused-ring (bicyclic) bond motifs is 1. The topological polar surface area (TPSA) is 58.1 Å². The molecule has 0 fully saturated rings. The molecule has 2 heterocycles. The molecule has 142 valence electrons. The van der Waals surface area contributed by atoms with Crippen LogP contribution in [0.2, 0.25) is 0 Å². The lowest BCUT2D eigenvalue weighted by Crippen LogP contribution is -2.36. The van der Waals surface area contributed by atoms with E-state index in [1.165, 1.54) is 29.5 Å². The molecular formula is C22H21FN4O. The van der Waals surface area contributed by atoms with Gasteiger partial charge >= 0.3 is 0 Å². The Labute approximate surface area is 163 Å². The van der Waals surface area contributed by atoms with Gasteiger partial charge in [-0.05, 0) is 41.7 Å². The molecule has 0 aliphatic carbocycles. The number of benzene rings is 2. The van der Waals surface area contributed by atoms with E-state index in [1.54, 1.807) is 18.3 Å². The minimum Gasteiger partial charge on any atom is -0.368 e. The molecule has 0 radical (unpaired) electrons. The minimum absolute atomic E-state index is 0.0973. The number of carbonyl (C=O) groups excluding carboxylic acids is 1. The van der Waals surface area contributed by atoms with Crippen molar-refractivity contribution in [3.8, 4) is 0 Å². The highest BCUT2D eigenvalue weighted by molar-refractivity contribution is 5.92. The Kier molecular flexibility index (Phi) is 5.28. The summed E-state index contributed by atoms with van der Waals surface area (Å²) in [5.74, 6) is 0.280. The summed E-state index contributed by atoms with van der Waals surface area (Å²) in [6, 6.07) is 14.6. The fourth-order valence-corrected chi connectivity index (χ4v) is 3.35. The fourth-order valence-electron chi connectivity index (χ4n) is 3.35. The molecule has 1 aromatic heterocycles. The van der Waals surface area contributed by atoms with Crippen molar-refractivity contribution in [2.75, 3.05) is 18.4 Å². The predicted octanol–water partition coefficient (Wildman–Crippen LogP) is 3.47. The summed E-state index contributed by atoms with van der Waals surface area (Å²) in [4.78, 5) is 23.1. The summed E-state index contributed by atoms with van der Waals surface area (Å²) >= 11 is 0. The number of hydrogen-bond acceptors (Lipinski definition) is 4. The summed E-state index contributed by atoms with van der Waals surface area (Å²) < 4.78 is 12.9. The number of aromatic nitrogens is 2. The van der Waals surface area contributed by atoms with E-state index in [0.29, 0.717) is 31.1 Å². The van der Waals surface area contributed by atoms with Crippen LogP contribution in [0.25, 0.3) is 0 Å². The Morgan fingerprint density at radius 1 is 1.04 bits per heavy atom. The Balaban J connectivity index is 1.33. The lowest BCUT2D eigenvalue weighted by Gasteiger charge is -2.28. The maximum absolute atomic E-state index is 12.9. The first-order chi connectivity index (χ1) is 13.7. The summed E-state index contributed by atoms with van der Waals surface area (Å²) in [6.45, 7) is 1.94. The van der Waals surface area contributed by atoms with Crippen LogP contribution < -0.4 is 5.32 Å². The molecule has 28 heavy (non-hydrogen) atoms. The van der Waals surface area contributed by atoms with Gasteiger partial charge in [0.05, 0.1) is 12.4 Å². The number of hydrogen-bond donors (Lipinski definition) is 1. The number of rotatable bonds is 5. The lowest BCUT2D eigenvalue weighted by molar-refractivity contribution is 0.0728. The second-order valence-corrected chi connectivity index (χ2v) is 6.84. The van der Waals surface area contributed by atoms with Gasteiger partial charge in [0, 0.05) is 19.6 Å². The van der Waals surface area contributed by atoms with E-state index in [1.807, 2.05) is 17.0 Å². The number of anilines is 1. The molecule has 0 saturated heterocycles. The van der Waals surface area contributed by atoms with Gasteiger partial charge in [0.25, 0.3) is 5.91 Å². The normalized spacial score (nSPS) is 13.1. The van der Waals surface area contributed by atoms with Crippen molar-refractivity contribution in [3.63, 3.8) is 0 Å². The number of nitrogens with one attached hydrogen (secondary N) is 1. The highest BCUT2D eigenvalue weighted by Gasteiger charge is 2.22. The molecule has 1 N–H and O–H groups in total. The molecule has 0 atom stereocenters. The Morgan fingerprint density at radius 2 is 1.82 bits per heavy atom. The molecule has 1 amide bonds. The number of nitrogens with zero attached hydrogens (tertiary/aromatic N) is 3. The molecule has 0 spiro atoms. The Hall–Kier alpha value is -3.28. The van der Waals surface area contributed by atoms with Crippen molar-refractivity contribution in [2.45, 2.75) is 19.4 Å². The van der Waals surface area contributed by atoms with E-state index in [4.69, 9.17) is 0 Å². The second kappa shape index (κ2) is 8.17. The monoisotopic (exact) mass is 376 g/mol. The molecule has 1 aliphatic heterocycles. The largest absolute Gasteiger partial charge is 0.368 e. The molecule has 0 unspecified atom stereocenters. The van der Waals surface area contributed by atoms with Crippen LogP contribution in [0.15, 0.2) is 60.9 Å². The molecule has 0 bridgehead atoms. The average molecular weight is 376 g/mol. The van der Waals surface area contributed by atoms with E-state index in [0.717, 1.165) is 18.4 Å². The molecule has 6 heteroatoms. The van der Waals surface area contributed by atoms with Gasteiger partial charge in [0.1, 0.15) is 17.3 Å². The van der Waals surface area contributed by atoms with Crippen LogP contribution in [0, 0.1) is 5.82 Å². The Bertz CT molecular complexity index is 957. The van der Waals surface area contributed by atoms with E-state index in [2.05, 4.69) is 27.4 Å². The van der Waals surface area contributed by atoms with Crippen LogP contribution in [0.5, 0.6) is 0 Å². The molecule has 1 aliphatic rings. The first-order valence-electron chi connectivity index (χ1n) is 9.35. The molecule has 0 saturated carbocycles. The zero-order valence-electron chi connectivity index (χ0n) is 15.4. The van der Waals surface area contributed by atoms with Gasteiger partial charge in [0.2, 0.25) is 0 Å². The standard InChI is InChI=1S/C22H21FN4O/c23-19-7-5-16(6-8-19)9-11-24-21-14-25-20(13-26-21)22(28)27-12-10-17-3-1-2-4-18(17)15-27/h1-8,13-14H,9-12,15H2,(H,24,26). The van der Waals surface area contributed by atoms with Crippen LogP contribution in [-0.2, 0) is 19.4 Å². The van der Waals surface area contributed by atoms with Gasteiger partial charge in [0.15, 0.2) is 0 Å². The summed E-state index contributed by atoms with van der Waals surface area (Å²) in [5, 5.41) is 3.17. The van der Waals surface area contributed by atoms with Gasteiger partial charge in [-0.25, -0.2) is 14.4 Å². The van der Waals surface area contributed by atoms with E-state index >= 15 is 0 Å². The van der Waals surface area contributed by atoms with Crippen molar-refractivity contribution in [3.05, 3.63) is 89.1 Å². The highest BCUT2D eigenvalue weighted by atomic mass is 19.1. The third-order valence-corrected chi connectivity index (χ3v) is 4.92. The number of amides is 1.